The zero-order valence-electron chi connectivity index (χ0n) is 17.9. The Bertz CT molecular complexity index is 1020. The molecule has 0 bridgehead atoms. The number of amides is 2. The van der Waals surface area contributed by atoms with Crippen LogP contribution in [-0.2, 0) is 22.6 Å². The van der Waals surface area contributed by atoms with Gasteiger partial charge in [-0.3, -0.25) is 9.59 Å². The van der Waals surface area contributed by atoms with E-state index in [9.17, 15) is 14.0 Å². The minimum absolute atomic E-state index is 0.122. The first-order chi connectivity index (χ1) is 15.6. The lowest BCUT2D eigenvalue weighted by molar-refractivity contribution is -0.141. The smallest absolute Gasteiger partial charge is 0.247 e. The van der Waals surface area contributed by atoms with Crippen LogP contribution in [0.3, 0.4) is 0 Å². The Balaban J connectivity index is 1.68. The predicted molar refractivity (Wildman–Crippen MR) is 125 cm³/mol. The number of hydrogen-bond donors (Lipinski definition) is 1. The van der Waals surface area contributed by atoms with Crippen molar-refractivity contribution in [1.29, 1.82) is 0 Å². The summed E-state index contributed by atoms with van der Waals surface area (Å²) in [7, 11) is 0. The Morgan fingerprint density at radius 2 is 1.72 bits per heavy atom. The average Bonchev–Trinajstić information content (AvgIpc) is 3.50. The van der Waals surface area contributed by atoms with Gasteiger partial charge in [-0.05, 0) is 47.5 Å². The number of nitrogens with one attached hydrogen (secondary N) is 1. The van der Waals surface area contributed by atoms with Crippen molar-refractivity contribution in [2.45, 2.75) is 50.7 Å². The molecule has 32 heavy (non-hydrogen) atoms. The van der Waals surface area contributed by atoms with Crippen LogP contribution in [0.4, 0.5) is 4.39 Å². The molecule has 0 spiro atoms. The zero-order valence-corrected chi connectivity index (χ0v) is 18.7. The van der Waals surface area contributed by atoms with E-state index >= 15 is 0 Å². The maximum Gasteiger partial charge on any atom is 0.247 e. The maximum absolute atomic E-state index is 13.7. The standard InChI is InChI=1S/C26H27FN2O2S/c27-21-14-12-20(13-15-21)25(26(31)28-22-9-4-5-10-22)29(18-19-7-2-1-3-8-19)24(30)17-23-11-6-16-32-23/h1-3,6-8,11-16,22,25H,4-5,9-10,17-18H2,(H,28,31)/t25-/m0/s1. The second-order valence-electron chi connectivity index (χ2n) is 8.21. The molecule has 0 radical (unpaired) electrons. The van der Waals surface area contributed by atoms with Crippen molar-refractivity contribution >= 4 is 23.2 Å². The molecule has 1 saturated carbocycles. The number of rotatable bonds is 8. The van der Waals surface area contributed by atoms with Gasteiger partial charge in [-0.2, -0.15) is 0 Å². The number of carbonyl (C=O) groups is 2. The van der Waals surface area contributed by atoms with E-state index in [1.165, 1.54) is 23.5 Å². The Morgan fingerprint density at radius 1 is 1.00 bits per heavy atom. The fourth-order valence-corrected chi connectivity index (χ4v) is 4.93. The molecule has 1 fully saturated rings. The normalized spacial score (nSPS) is 14.8. The van der Waals surface area contributed by atoms with Gasteiger partial charge in [-0.1, -0.05) is 61.4 Å². The van der Waals surface area contributed by atoms with Gasteiger partial charge >= 0.3 is 0 Å². The van der Waals surface area contributed by atoms with Gasteiger partial charge in [0.1, 0.15) is 11.9 Å². The lowest BCUT2D eigenvalue weighted by atomic mass is 10.0. The van der Waals surface area contributed by atoms with Crippen LogP contribution in [0.5, 0.6) is 0 Å². The maximum atomic E-state index is 13.7. The number of hydrogen-bond acceptors (Lipinski definition) is 3. The van der Waals surface area contributed by atoms with Crippen LogP contribution in [0.1, 0.15) is 47.7 Å². The molecule has 4 rings (SSSR count). The topological polar surface area (TPSA) is 49.4 Å². The van der Waals surface area contributed by atoms with Gasteiger partial charge < -0.3 is 10.2 Å². The molecule has 6 heteroatoms. The quantitative estimate of drug-likeness (QED) is 0.509. The second-order valence-corrected chi connectivity index (χ2v) is 9.24. The summed E-state index contributed by atoms with van der Waals surface area (Å²) in [6, 6.07) is 18.7. The van der Waals surface area contributed by atoms with Crippen molar-refractivity contribution < 1.29 is 14.0 Å². The van der Waals surface area contributed by atoms with Crippen LogP contribution < -0.4 is 5.32 Å². The molecular formula is C26H27FN2O2S. The minimum atomic E-state index is -0.830. The van der Waals surface area contributed by atoms with Crippen LogP contribution >= 0.6 is 11.3 Å². The molecule has 1 aromatic heterocycles. The van der Waals surface area contributed by atoms with Crippen LogP contribution in [0, 0.1) is 5.82 Å². The summed E-state index contributed by atoms with van der Waals surface area (Å²) in [6.07, 6.45) is 4.31. The highest BCUT2D eigenvalue weighted by atomic mass is 32.1. The fraction of sp³-hybridized carbons (Fsp3) is 0.308. The number of benzene rings is 2. The Kier molecular flexibility index (Phi) is 7.32. The van der Waals surface area contributed by atoms with Crippen molar-refractivity contribution in [3.63, 3.8) is 0 Å². The molecule has 4 nitrogen and oxygen atoms in total. The van der Waals surface area contributed by atoms with Crippen molar-refractivity contribution in [3.8, 4) is 0 Å². The van der Waals surface area contributed by atoms with E-state index in [1.54, 1.807) is 17.0 Å². The molecule has 2 amide bonds. The van der Waals surface area contributed by atoms with Crippen molar-refractivity contribution in [2.75, 3.05) is 0 Å². The summed E-state index contributed by atoms with van der Waals surface area (Å²) in [4.78, 5) is 29.6. The zero-order chi connectivity index (χ0) is 22.3. The summed E-state index contributed by atoms with van der Waals surface area (Å²) in [5.41, 5.74) is 1.55. The number of nitrogens with zero attached hydrogens (tertiary/aromatic N) is 1. The van der Waals surface area contributed by atoms with Gasteiger partial charge in [-0.15, -0.1) is 11.3 Å². The predicted octanol–water partition coefficient (Wildman–Crippen LogP) is 5.26. The Labute approximate surface area is 192 Å². The van der Waals surface area contributed by atoms with Gasteiger partial charge in [0.15, 0.2) is 0 Å². The summed E-state index contributed by atoms with van der Waals surface area (Å²) in [6.45, 7) is 0.297. The largest absolute Gasteiger partial charge is 0.351 e. The van der Waals surface area contributed by atoms with Crippen LogP contribution in [0.15, 0.2) is 72.1 Å². The van der Waals surface area contributed by atoms with E-state index in [0.29, 0.717) is 12.1 Å². The molecule has 1 N–H and O–H groups in total. The van der Waals surface area contributed by atoms with Gasteiger partial charge in [0, 0.05) is 17.5 Å². The molecule has 1 aliphatic rings. The van der Waals surface area contributed by atoms with Crippen molar-refractivity contribution in [1.82, 2.24) is 10.2 Å². The van der Waals surface area contributed by atoms with E-state index in [4.69, 9.17) is 0 Å². The van der Waals surface area contributed by atoms with Crippen molar-refractivity contribution in [2.24, 2.45) is 0 Å². The molecular weight excluding hydrogens is 423 g/mol. The number of thiophene rings is 1. The molecule has 0 aliphatic heterocycles. The van der Waals surface area contributed by atoms with Crippen LogP contribution in [-0.4, -0.2) is 22.8 Å². The highest BCUT2D eigenvalue weighted by Gasteiger charge is 2.33. The van der Waals surface area contributed by atoms with E-state index in [2.05, 4.69) is 5.32 Å². The Hall–Kier alpha value is -2.99. The van der Waals surface area contributed by atoms with Gasteiger partial charge in [-0.25, -0.2) is 4.39 Å². The highest BCUT2D eigenvalue weighted by Crippen LogP contribution is 2.27. The molecule has 1 aliphatic carbocycles. The summed E-state index contributed by atoms with van der Waals surface area (Å²) >= 11 is 1.52. The monoisotopic (exact) mass is 450 g/mol. The first-order valence-corrected chi connectivity index (χ1v) is 11.9. The van der Waals surface area contributed by atoms with E-state index in [1.807, 2.05) is 47.8 Å². The summed E-state index contributed by atoms with van der Waals surface area (Å²) < 4.78 is 13.7. The second kappa shape index (κ2) is 10.6. The van der Waals surface area contributed by atoms with E-state index < -0.39 is 6.04 Å². The molecule has 0 saturated heterocycles. The third-order valence-electron chi connectivity index (χ3n) is 5.87. The first kappa shape index (κ1) is 22.2. The third kappa shape index (κ3) is 5.62. The van der Waals surface area contributed by atoms with Crippen LogP contribution in [0.2, 0.25) is 0 Å². The van der Waals surface area contributed by atoms with Gasteiger partial charge in [0.05, 0.1) is 6.42 Å². The fourth-order valence-electron chi connectivity index (χ4n) is 4.24. The summed E-state index contributed by atoms with van der Waals surface area (Å²) in [5.74, 6) is -0.714. The molecule has 3 aromatic rings. The minimum Gasteiger partial charge on any atom is -0.351 e. The molecule has 1 heterocycles. The highest BCUT2D eigenvalue weighted by molar-refractivity contribution is 7.10. The Morgan fingerprint density at radius 3 is 2.38 bits per heavy atom. The lowest BCUT2D eigenvalue weighted by Gasteiger charge is -2.32. The molecule has 2 aromatic carbocycles. The molecule has 166 valence electrons. The van der Waals surface area contributed by atoms with Gasteiger partial charge in [0.25, 0.3) is 0 Å². The first-order valence-electron chi connectivity index (χ1n) is 11.0. The van der Waals surface area contributed by atoms with Crippen LogP contribution in [0.25, 0.3) is 0 Å². The summed E-state index contributed by atoms with van der Waals surface area (Å²) in [5, 5.41) is 5.09. The average molecular weight is 451 g/mol. The molecule has 1 atom stereocenters. The molecule has 0 unspecified atom stereocenters. The lowest BCUT2D eigenvalue weighted by Crippen LogP contribution is -2.46. The van der Waals surface area contributed by atoms with E-state index in [-0.39, 0.29) is 30.1 Å². The SMILES string of the molecule is O=C(NC1CCCC1)[C@H](c1ccc(F)cc1)N(Cc1ccccc1)C(=O)Cc1cccs1. The van der Waals surface area contributed by atoms with Crippen molar-refractivity contribution in [3.05, 3.63) is 93.9 Å². The number of halogens is 1. The third-order valence-corrected chi connectivity index (χ3v) is 6.75. The van der Waals surface area contributed by atoms with Gasteiger partial charge in [0.2, 0.25) is 11.8 Å². The number of carbonyl (C=O) groups excluding carboxylic acids is 2. The van der Waals surface area contributed by atoms with E-state index in [0.717, 1.165) is 36.1 Å².